The molecule has 2 aromatic carbocycles. The smallest absolute Gasteiger partial charge is 0.214 e. The van der Waals surface area contributed by atoms with E-state index in [9.17, 15) is 0 Å². The van der Waals surface area contributed by atoms with Crippen molar-refractivity contribution in [2.75, 3.05) is 0 Å². The van der Waals surface area contributed by atoms with Crippen LogP contribution in [-0.2, 0) is 17.1 Å². The summed E-state index contributed by atoms with van der Waals surface area (Å²) in [7, 11) is 0. The van der Waals surface area contributed by atoms with Crippen LogP contribution in [0.5, 0.6) is 0 Å². The summed E-state index contributed by atoms with van der Waals surface area (Å²) in [5.41, 5.74) is 0. The molecule has 0 saturated heterocycles. The second-order valence-corrected chi connectivity index (χ2v) is 2.55. The Morgan fingerprint density at radius 3 is 1.58 bits per heavy atom. The Kier molecular flexibility index (Phi) is 6.78. The fraction of sp³-hybridized carbons (Fsp3) is 0. The van der Waals surface area contributed by atoms with Crippen LogP contribution >= 0.6 is 12.6 Å². The summed E-state index contributed by atoms with van der Waals surface area (Å²) in [4.78, 5) is 0.926. The molecular weight excluding hydrogens is 208 g/mol. The first-order chi connectivity index (χ1) is 5.39. The summed E-state index contributed by atoms with van der Waals surface area (Å²) in [5, 5.41) is 0. The van der Waals surface area contributed by atoms with Crippen molar-refractivity contribution in [3.8, 4) is 0 Å². The van der Waals surface area contributed by atoms with Gasteiger partial charge < -0.3 is 0 Å². The van der Waals surface area contributed by atoms with Crippen LogP contribution in [0, 0.1) is 0 Å². The molecule has 0 heterocycles. The average molecular weight is 217 g/mol. The van der Waals surface area contributed by atoms with Crippen molar-refractivity contribution < 1.29 is 17.1 Å². The van der Waals surface area contributed by atoms with Crippen molar-refractivity contribution in [2.24, 2.45) is 0 Å². The van der Waals surface area contributed by atoms with Gasteiger partial charge in [-0.25, -0.2) is 24.3 Å². The molecule has 0 spiro atoms. The molecule has 0 fully saturated rings. The van der Waals surface area contributed by atoms with E-state index >= 15 is 0 Å². The van der Waals surface area contributed by atoms with Crippen LogP contribution in [0.4, 0.5) is 0 Å². The Morgan fingerprint density at radius 2 is 1.42 bits per heavy atom. The van der Waals surface area contributed by atoms with E-state index in [1.54, 1.807) is 0 Å². The normalized spacial score (nSPS) is 7.67. The minimum Gasteiger partial charge on any atom is -0.214 e. The van der Waals surface area contributed by atoms with Crippen LogP contribution in [-0.4, -0.2) is 0 Å². The van der Waals surface area contributed by atoms with E-state index in [2.05, 4.69) is 0 Å². The van der Waals surface area contributed by atoms with E-state index < -0.39 is 0 Å². The van der Waals surface area contributed by atoms with Gasteiger partial charge in [0.25, 0.3) is 0 Å². The molecule has 0 bridgehead atoms. The summed E-state index contributed by atoms with van der Waals surface area (Å²) in [5.74, 6) is 0. The van der Waals surface area contributed by atoms with Gasteiger partial charge in [0.2, 0.25) is 0 Å². The predicted molar refractivity (Wildman–Crippen MR) is 49.9 cm³/mol. The molecule has 2 rings (SSSR count). The molecule has 0 atom stereocenters. The topological polar surface area (TPSA) is 0 Å². The Bertz CT molecular complexity index is 228. The van der Waals surface area contributed by atoms with Crippen LogP contribution in [0.25, 0.3) is 0 Å². The van der Waals surface area contributed by atoms with Gasteiger partial charge in [0, 0.05) is 0 Å². The molecule has 0 amide bonds. The fourth-order valence-electron chi connectivity index (χ4n) is 0.677. The molecule has 0 saturated carbocycles. The molecule has 12 heavy (non-hydrogen) atoms. The maximum Gasteiger partial charge on any atom is 2.00 e. The first-order valence-electron chi connectivity index (χ1n) is 3.45. The van der Waals surface area contributed by atoms with E-state index in [0.29, 0.717) is 0 Å². The van der Waals surface area contributed by atoms with Gasteiger partial charge >= 0.3 is 17.1 Å². The standard InChI is InChI=1S/C5H4S.C5H5.Fe/c6-5-3-1-2-4-5;1-2-4-5-3-1;/h1-4H;1-5H;/q2*-1;+2. The van der Waals surface area contributed by atoms with Gasteiger partial charge in [0.05, 0.1) is 0 Å². The molecule has 0 aromatic heterocycles. The first-order valence-corrected chi connectivity index (χ1v) is 3.86. The maximum absolute atomic E-state index is 4.75. The molecule has 0 unspecified atom stereocenters. The van der Waals surface area contributed by atoms with Crippen molar-refractivity contribution in [1.29, 1.82) is 0 Å². The summed E-state index contributed by atoms with van der Waals surface area (Å²) in [6.45, 7) is 0. The van der Waals surface area contributed by atoms with Gasteiger partial charge in [-0.15, -0.1) is 0 Å². The van der Waals surface area contributed by atoms with Crippen molar-refractivity contribution in [3.63, 3.8) is 0 Å². The van der Waals surface area contributed by atoms with Gasteiger partial charge in [-0.05, 0) is 0 Å². The van der Waals surface area contributed by atoms with Crippen LogP contribution in [0.3, 0.4) is 0 Å². The van der Waals surface area contributed by atoms with Crippen LogP contribution in [0.2, 0.25) is 0 Å². The van der Waals surface area contributed by atoms with E-state index in [-0.39, 0.29) is 17.1 Å². The molecule has 0 aliphatic carbocycles. The van der Waals surface area contributed by atoms with E-state index in [1.165, 1.54) is 0 Å². The van der Waals surface area contributed by atoms with E-state index in [0.717, 1.165) is 4.90 Å². The summed E-state index contributed by atoms with van der Waals surface area (Å²) in [6.07, 6.45) is 0. The Labute approximate surface area is 89.2 Å². The minimum absolute atomic E-state index is 0. The Hall–Kier alpha value is -0.561. The summed E-state index contributed by atoms with van der Waals surface area (Å²) in [6, 6.07) is 17.7. The molecule has 0 aliphatic heterocycles. The van der Waals surface area contributed by atoms with Crippen molar-refractivity contribution in [1.82, 2.24) is 0 Å². The SMILES string of the molecule is [Fe+2].[S][c-]1cccc1.c1cc[cH-]c1. The van der Waals surface area contributed by atoms with Crippen LogP contribution in [0.15, 0.2) is 59.5 Å². The predicted octanol–water partition coefficient (Wildman–Crippen LogP) is 3.36. The average Bonchev–Trinajstić information content (AvgIpc) is 2.57. The van der Waals surface area contributed by atoms with Crippen LogP contribution in [0.1, 0.15) is 0 Å². The third-order valence-corrected chi connectivity index (χ3v) is 1.46. The molecule has 0 N–H and O–H groups in total. The number of rotatable bonds is 0. The monoisotopic (exact) mass is 217 g/mol. The molecule has 0 nitrogen and oxygen atoms in total. The Balaban J connectivity index is 0.000000189. The molecular formula is C10H9FeS. The maximum atomic E-state index is 4.75. The third kappa shape index (κ3) is 5.14. The molecule has 2 aromatic rings. The van der Waals surface area contributed by atoms with Gasteiger partial charge in [-0.2, -0.15) is 43.0 Å². The largest absolute Gasteiger partial charge is 2.00 e. The van der Waals surface area contributed by atoms with Crippen molar-refractivity contribution in [3.05, 3.63) is 54.6 Å². The minimum atomic E-state index is 0. The van der Waals surface area contributed by atoms with E-state index in [4.69, 9.17) is 12.6 Å². The zero-order valence-electron chi connectivity index (χ0n) is 6.46. The zero-order chi connectivity index (χ0) is 7.94. The second kappa shape index (κ2) is 7.11. The zero-order valence-corrected chi connectivity index (χ0v) is 8.38. The molecule has 1 radical (unpaired) electrons. The number of hydrogen-bond donors (Lipinski definition) is 0. The van der Waals surface area contributed by atoms with Gasteiger partial charge in [0.1, 0.15) is 0 Å². The van der Waals surface area contributed by atoms with Crippen molar-refractivity contribution >= 4 is 12.6 Å². The molecule has 63 valence electrons. The first kappa shape index (κ1) is 11.4. The van der Waals surface area contributed by atoms with Gasteiger partial charge in [-0.1, -0.05) is 4.90 Å². The molecule has 0 aliphatic rings. The third-order valence-electron chi connectivity index (χ3n) is 1.19. The Morgan fingerprint density at radius 1 is 0.917 bits per heavy atom. The number of hydrogen-bond acceptors (Lipinski definition) is 0. The summed E-state index contributed by atoms with van der Waals surface area (Å²) >= 11 is 4.75. The molecule has 2 heteroatoms. The quantitative estimate of drug-likeness (QED) is 0.468. The van der Waals surface area contributed by atoms with Gasteiger partial charge in [-0.3, -0.25) is 0 Å². The van der Waals surface area contributed by atoms with Crippen molar-refractivity contribution in [2.45, 2.75) is 4.90 Å². The van der Waals surface area contributed by atoms with Gasteiger partial charge in [0.15, 0.2) is 0 Å². The van der Waals surface area contributed by atoms with E-state index in [1.807, 2.05) is 54.6 Å². The second-order valence-electron chi connectivity index (χ2n) is 2.08. The fourth-order valence-corrected chi connectivity index (χ4v) is 0.834. The van der Waals surface area contributed by atoms with Crippen LogP contribution < -0.4 is 0 Å². The summed E-state index contributed by atoms with van der Waals surface area (Å²) < 4.78 is 0.